The third kappa shape index (κ3) is 2.35. The van der Waals surface area contributed by atoms with E-state index in [1.54, 1.807) is 0 Å². The number of carbonyl (C=O) groups is 1. The summed E-state index contributed by atoms with van der Waals surface area (Å²) in [5, 5.41) is 0. The highest BCUT2D eigenvalue weighted by Gasteiger charge is 2.30. The van der Waals surface area contributed by atoms with Crippen LogP contribution in [0.5, 0.6) is 0 Å². The van der Waals surface area contributed by atoms with Gasteiger partial charge < -0.3 is 9.30 Å². The molecule has 0 aliphatic heterocycles. The molecule has 2 fully saturated rings. The number of hydrogen-bond donors (Lipinski definition) is 0. The van der Waals surface area contributed by atoms with Crippen molar-refractivity contribution in [3.8, 4) is 0 Å². The van der Waals surface area contributed by atoms with Crippen LogP contribution in [0.15, 0.2) is 18.5 Å². The van der Waals surface area contributed by atoms with Crippen molar-refractivity contribution in [2.75, 3.05) is 6.61 Å². The lowest BCUT2D eigenvalue weighted by molar-refractivity contribution is 0.0691. The summed E-state index contributed by atoms with van der Waals surface area (Å²) in [4.78, 5) is 11.8. The molecule has 0 saturated heterocycles. The zero-order valence-electron chi connectivity index (χ0n) is 9.39. The quantitative estimate of drug-likeness (QED) is 0.688. The fraction of sp³-hybridized carbons (Fsp3) is 0.615. The fourth-order valence-corrected chi connectivity index (χ4v) is 1.86. The molecule has 3 rings (SSSR count). The van der Waals surface area contributed by atoms with Gasteiger partial charge in [0, 0.05) is 23.9 Å². The highest BCUT2D eigenvalue weighted by atomic mass is 16.5. The van der Waals surface area contributed by atoms with Gasteiger partial charge in [-0.25, -0.2) is 0 Å². The Morgan fingerprint density at radius 3 is 2.88 bits per heavy atom. The maximum Gasteiger partial charge on any atom is 0.167 e. The number of nitrogens with zero attached hydrogens (tertiary/aromatic N) is 1. The van der Waals surface area contributed by atoms with E-state index in [1.807, 2.05) is 23.0 Å². The van der Waals surface area contributed by atoms with Gasteiger partial charge in [-0.05, 0) is 37.7 Å². The Morgan fingerprint density at radius 1 is 1.38 bits per heavy atom. The van der Waals surface area contributed by atoms with E-state index in [1.165, 1.54) is 12.8 Å². The molecule has 2 aliphatic carbocycles. The minimum atomic E-state index is 0.306. The second-order valence-electron chi connectivity index (χ2n) is 5.00. The van der Waals surface area contributed by atoms with Crippen molar-refractivity contribution in [3.05, 3.63) is 24.0 Å². The monoisotopic (exact) mass is 219 g/mol. The first-order chi connectivity index (χ1) is 7.83. The minimum Gasteiger partial charge on any atom is -0.361 e. The van der Waals surface area contributed by atoms with Gasteiger partial charge in [0.1, 0.15) is 6.73 Å². The second kappa shape index (κ2) is 4.06. The van der Waals surface area contributed by atoms with Crippen molar-refractivity contribution < 1.29 is 9.53 Å². The minimum absolute atomic E-state index is 0.306. The second-order valence-corrected chi connectivity index (χ2v) is 5.00. The first kappa shape index (κ1) is 10.1. The van der Waals surface area contributed by atoms with Gasteiger partial charge in [-0.3, -0.25) is 4.79 Å². The maximum atomic E-state index is 11.8. The van der Waals surface area contributed by atoms with Crippen LogP contribution >= 0.6 is 0 Å². The molecule has 0 aromatic carbocycles. The number of rotatable bonds is 6. The van der Waals surface area contributed by atoms with Crippen LogP contribution in [0.1, 0.15) is 36.0 Å². The first-order valence-corrected chi connectivity index (χ1v) is 6.10. The van der Waals surface area contributed by atoms with E-state index in [4.69, 9.17) is 4.74 Å². The Bertz CT molecular complexity index is 388. The van der Waals surface area contributed by atoms with Crippen molar-refractivity contribution in [1.29, 1.82) is 0 Å². The Balaban J connectivity index is 1.52. The standard InChI is InChI=1S/C13H17NO2/c15-13(11-3-4-11)12-5-6-14(7-12)9-16-8-10-1-2-10/h5-7,10-11H,1-4,8-9H2. The Morgan fingerprint density at radius 2 is 2.19 bits per heavy atom. The summed E-state index contributed by atoms with van der Waals surface area (Å²) in [6, 6.07) is 1.90. The molecule has 1 heterocycles. The molecule has 86 valence electrons. The zero-order valence-corrected chi connectivity index (χ0v) is 9.39. The lowest BCUT2D eigenvalue weighted by Gasteiger charge is -2.03. The van der Waals surface area contributed by atoms with Crippen LogP contribution in [0.2, 0.25) is 0 Å². The molecular formula is C13H17NO2. The topological polar surface area (TPSA) is 31.2 Å². The highest BCUT2D eigenvalue weighted by molar-refractivity contribution is 5.99. The first-order valence-electron chi connectivity index (χ1n) is 6.10. The van der Waals surface area contributed by atoms with Gasteiger partial charge >= 0.3 is 0 Å². The van der Waals surface area contributed by atoms with Gasteiger partial charge in [0.05, 0.1) is 6.61 Å². The number of Topliss-reactive ketones (excluding diaryl/α,β-unsaturated/α-hetero) is 1. The molecule has 0 atom stereocenters. The van der Waals surface area contributed by atoms with E-state index in [9.17, 15) is 4.79 Å². The van der Waals surface area contributed by atoms with Gasteiger partial charge in [0.2, 0.25) is 0 Å². The van der Waals surface area contributed by atoms with Crippen LogP contribution in [-0.2, 0) is 11.5 Å². The van der Waals surface area contributed by atoms with Crippen molar-refractivity contribution in [1.82, 2.24) is 4.57 Å². The molecule has 2 aliphatic rings. The summed E-state index contributed by atoms with van der Waals surface area (Å²) < 4.78 is 7.52. The van der Waals surface area contributed by atoms with Crippen LogP contribution in [0.3, 0.4) is 0 Å². The summed E-state index contributed by atoms with van der Waals surface area (Å²) >= 11 is 0. The average molecular weight is 219 g/mol. The molecule has 3 nitrogen and oxygen atoms in total. The summed E-state index contributed by atoms with van der Waals surface area (Å²) in [5.74, 6) is 1.41. The number of hydrogen-bond acceptors (Lipinski definition) is 2. The zero-order chi connectivity index (χ0) is 11.0. The number of ether oxygens (including phenoxy) is 1. The molecular weight excluding hydrogens is 202 g/mol. The molecule has 0 radical (unpaired) electrons. The van der Waals surface area contributed by atoms with Crippen molar-refractivity contribution in [2.45, 2.75) is 32.4 Å². The summed E-state index contributed by atoms with van der Waals surface area (Å²) in [5.41, 5.74) is 0.845. The lowest BCUT2D eigenvalue weighted by atomic mass is 10.1. The Kier molecular flexibility index (Phi) is 2.56. The summed E-state index contributed by atoms with van der Waals surface area (Å²) in [7, 11) is 0. The number of ketones is 1. The molecule has 1 aromatic heterocycles. The third-order valence-corrected chi connectivity index (χ3v) is 3.27. The molecule has 0 unspecified atom stereocenters. The van der Waals surface area contributed by atoms with Crippen molar-refractivity contribution in [2.24, 2.45) is 11.8 Å². The van der Waals surface area contributed by atoms with Gasteiger partial charge in [-0.1, -0.05) is 0 Å². The molecule has 0 N–H and O–H groups in total. The normalized spacial score (nSPS) is 20.0. The predicted molar refractivity (Wildman–Crippen MR) is 60.2 cm³/mol. The molecule has 0 bridgehead atoms. The van der Waals surface area contributed by atoms with Crippen LogP contribution in [0, 0.1) is 11.8 Å². The van der Waals surface area contributed by atoms with E-state index in [0.717, 1.165) is 30.9 Å². The average Bonchev–Trinajstić information content (AvgIpc) is 3.17. The van der Waals surface area contributed by atoms with Crippen LogP contribution < -0.4 is 0 Å². The lowest BCUT2D eigenvalue weighted by Crippen LogP contribution is -2.03. The fourth-order valence-electron chi connectivity index (χ4n) is 1.86. The largest absolute Gasteiger partial charge is 0.361 e. The molecule has 16 heavy (non-hydrogen) atoms. The number of carbonyl (C=O) groups excluding carboxylic acids is 1. The van der Waals surface area contributed by atoms with E-state index >= 15 is 0 Å². The van der Waals surface area contributed by atoms with Crippen LogP contribution in [0.25, 0.3) is 0 Å². The summed E-state index contributed by atoms with van der Waals surface area (Å²) in [6.07, 6.45) is 8.62. The maximum absolute atomic E-state index is 11.8. The van der Waals surface area contributed by atoms with Crippen LogP contribution in [0.4, 0.5) is 0 Å². The van der Waals surface area contributed by atoms with E-state index in [2.05, 4.69) is 0 Å². The number of aromatic nitrogens is 1. The van der Waals surface area contributed by atoms with E-state index < -0.39 is 0 Å². The predicted octanol–water partition coefficient (Wildman–Crippen LogP) is 2.46. The van der Waals surface area contributed by atoms with Gasteiger partial charge in [-0.15, -0.1) is 0 Å². The summed E-state index contributed by atoms with van der Waals surface area (Å²) in [6.45, 7) is 1.44. The molecule has 2 saturated carbocycles. The highest BCUT2D eigenvalue weighted by Crippen LogP contribution is 2.32. The Hall–Kier alpha value is -1.09. The van der Waals surface area contributed by atoms with Gasteiger partial charge in [0.15, 0.2) is 5.78 Å². The molecule has 1 aromatic rings. The third-order valence-electron chi connectivity index (χ3n) is 3.27. The van der Waals surface area contributed by atoms with E-state index in [-0.39, 0.29) is 0 Å². The Labute approximate surface area is 95.4 Å². The van der Waals surface area contributed by atoms with Crippen molar-refractivity contribution >= 4 is 5.78 Å². The molecule has 0 amide bonds. The van der Waals surface area contributed by atoms with Crippen LogP contribution in [-0.4, -0.2) is 17.0 Å². The smallest absolute Gasteiger partial charge is 0.167 e. The molecule has 0 spiro atoms. The van der Waals surface area contributed by atoms with Gasteiger partial charge in [-0.2, -0.15) is 0 Å². The van der Waals surface area contributed by atoms with Gasteiger partial charge in [0.25, 0.3) is 0 Å². The van der Waals surface area contributed by atoms with Crippen molar-refractivity contribution in [3.63, 3.8) is 0 Å². The SMILES string of the molecule is O=C(c1ccn(COCC2CC2)c1)C1CC1. The van der Waals surface area contributed by atoms with E-state index in [0.29, 0.717) is 18.4 Å². The molecule has 3 heteroatoms.